The molecule has 149 heavy (non-hydrogen) atoms. The van der Waals surface area contributed by atoms with Crippen molar-refractivity contribution >= 4 is 117 Å². The Morgan fingerprint density at radius 1 is 0.235 bits per heavy atom. The number of Topliss-reactive ketones (excluding diaryl/α,β-unsaturated/α-hetero) is 13. The van der Waals surface area contributed by atoms with Crippen molar-refractivity contribution in [2.24, 2.45) is 45.8 Å². The van der Waals surface area contributed by atoms with Crippen LogP contribution in [0.1, 0.15) is 259 Å². The van der Waals surface area contributed by atoms with Gasteiger partial charge in [-0.05, 0) is 72.1 Å². The number of ketones is 13. The van der Waals surface area contributed by atoms with Gasteiger partial charge in [0.25, 0.3) is 0 Å². The summed E-state index contributed by atoms with van der Waals surface area (Å²) < 4.78 is 89.9. The van der Waals surface area contributed by atoms with Crippen molar-refractivity contribution in [1.82, 2.24) is 21.3 Å². The molecule has 0 aromatic heterocycles. The summed E-state index contributed by atoms with van der Waals surface area (Å²) in [5.74, 6) is -6.96. The van der Waals surface area contributed by atoms with Crippen LogP contribution in [-0.4, -0.2) is 383 Å². The minimum absolute atomic E-state index is 0.00841. The molecule has 0 spiro atoms. The second kappa shape index (κ2) is 98.7. The molecule has 0 heterocycles. The number of carboxylic acids is 3. The molecule has 7 N–H and O–H groups in total. The van der Waals surface area contributed by atoms with Gasteiger partial charge in [-0.3, -0.25) is 81.5 Å². The highest BCUT2D eigenvalue weighted by Crippen LogP contribution is 2.20. The van der Waals surface area contributed by atoms with Crippen molar-refractivity contribution in [3.8, 4) is 0 Å². The maximum absolute atomic E-state index is 11.8. The highest BCUT2D eigenvalue weighted by Gasteiger charge is 2.27. The molecule has 3 atom stereocenters. The van der Waals surface area contributed by atoms with E-state index in [1.165, 1.54) is 27.7 Å². The van der Waals surface area contributed by atoms with Crippen molar-refractivity contribution in [3.63, 3.8) is 0 Å². The topological polar surface area (TPSA) is 607 Å². The zero-order valence-electron chi connectivity index (χ0n) is 92.6. The Balaban J connectivity index is -0.000000591. The average Bonchev–Trinajstić information content (AvgIpc) is 0.945. The van der Waals surface area contributed by atoms with E-state index < -0.39 is 41.1 Å². The fourth-order valence-electron chi connectivity index (χ4n) is 11.2. The molecule has 0 aromatic carbocycles. The number of hydrogen-bond donors (Lipinski definition) is 7. The van der Waals surface area contributed by atoms with E-state index in [-0.39, 0.29) is 311 Å². The molecule has 864 valence electrons. The van der Waals surface area contributed by atoms with Crippen LogP contribution in [0, 0.1) is 45.8 Å². The zero-order chi connectivity index (χ0) is 114. The van der Waals surface area contributed by atoms with Crippen LogP contribution in [0.4, 0.5) is 0 Å². The van der Waals surface area contributed by atoms with Crippen molar-refractivity contribution in [2.75, 3.05) is 251 Å². The number of carboxylic acid groups (broad SMARTS) is 3. The predicted molar refractivity (Wildman–Crippen MR) is 548 cm³/mol. The first-order valence-corrected chi connectivity index (χ1v) is 51.6. The maximum Gasteiger partial charge on any atom is 0.306 e. The highest BCUT2D eigenvalue weighted by atomic mass is 16.6. The van der Waals surface area contributed by atoms with Crippen LogP contribution in [0.25, 0.3) is 0 Å². The minimum Gasteiger partial charge on any atom is -0.481 e. The fraction of sp³-hybridized carbons (Fsp3) is 0.810. The fourth-order valence-corrected chi connectivity index (χ4v) is 11.2. The van der Waals surface area contributed by atoms with Crippen LogP contribution in [0.5, 0.6) is 0 Å². The van der Waals surface area contributed by atoms with Gasteiger partial charge in [-0.25, -0.2) is 0 Å². The van der Waals surface area contributed by atoms with Gasteiger partial charge in [0.15, 0.2) is 46.3 Å². The van der Waals surface area contributed by atoms with Gasteiger partial charge in [0.05, 0.1) is 156 Å². The molecule has 0 aliphatic heterocycles. The van der Waals surface area contributed by atoms with Crippen LogP contribution < -0.4 is 21.3 Å². The number of ether oxygens (including phenoxy) is 17. The second-order valence-corrected chi connectivity index (χ2v) is 38.5. The van der Waals surface area contributed by atoms with Crippen LogP contribution >= 0.6 is 0 Å². The first kappa shape index (κ1) is 149. The average molecular weight is 2140 g/mol. The van der Waals surface area contributed by atoms with Crippen molar-refractivity contribution in [2.45, 2.75) is 259 Å². The van der Waals surface area contributed by atoms with Crippen molar-refractivity contribution < 1.29 is 192 Å². The molecular weight excluding hydrogens is 1960 g/mol. The molecule has 0 saturated carbocycles. The third-order valence-electron chi connectivity index (χ3n) is 20.5. The van der Waals surface area contributed by atoms with E-state index >= 15 is 0 Å². The van der Waals surface area contributed by atoms with E-state index in [1.54, 1.807) is 0 Å². The van der Waals surface area contributed by atoms with Crippen LogP contribution in [0.15, 0.2) is 0 Å². The number of hydrogen-bond acceptors (Lipinski definition) is 37. The third-order valence-corrected chi connectivity index (χ3v) is 20.5. The standard InChI is InChI=1S/C25H43NO10.2C24H41NO10.C19H35NO7.C13H24O3/c1-19(27)16-20(24(31)32)7-8-23(30)26-9-11-34-13-14-35-17-21(28)6-5-10-33-12-15-36-18-22(29)25(2,3)4;2*1-18(2)22(28)17-35-14-11-32-9-4-5-21(27)16-34-13-12-33-10-8-25-23(29)7-6-20(24(30)31)15-19(3)26;1-16(21)20-7-9-25-11-12-26-14-17(22)6-5-8-24-10-13-27-15-18(23)19(2,3)4;1-5-11(14)7-6-9-16-10-8-12(15)13(2,3)4/h20H,5-18H2,1-4H3,(H,26,30)(H,31,32);2*18,20H,4-17H2,1-3H3,(H,25,29)(H,30,31);5-15H2,1-4H3,(H,20,21);5-10H2,1-4H3/t3*20-;;/m111../s1. The van der Waals surface area contributed by atoms with E-state index in [9.17, 15) is 95.9 Å². The first-order valence-electron chi connectivity index (χ1n) is 51.6. The van der Waals surface area contributed by atoms with E-state index in [2.05, 4.69) is 21.3 Å². The predicted octanol–water partition coefficient (Wildman–Crippen LogP) is 7.92. The first-order chi connectivity index (χ1) is 70.3. The smallest absolute Gasteiger partial charge is 0.306 e. The molecular formula is C105H184N4O40. The molecule has 0 aliphatic rings. The van der Waals surface area contributed by atoms with Crippen LogP contribution in [0.2, 0.25) is 0 Å². The van der Waals surface area contributed by atoms with Crippen LogP contribution in [-0.2, 0) is 176 Å². The number of carbonyl (C=O) groups is 20. The van der Waals surface area contributed by atoms with Gasteiger partial charge in [0.1, 0.15) is 81.8 Å². The Labute approximate surface area is 881 Å². The molecule has 4 amide bonds. The molecule has 0 saturated heterocycles. The zero-order valence-corrected chi connectivity index (χ0v) is 92.6. The Morgan fingerprint density at radius 2 is 0.443 bits per heavy atom. The van der Waals surface area contributed by atoms with Gasteiger partial charge in [-0.15, -0.1) is 0 Å². The summed E-state index contributed by atoms with van der Waals surface area (Å²) in [7, 11) is 0. The molecule has 44 nitrogen and oxygen atoms in total. The minimum atomic E-state index is -1.08. The Hall–Kier alpha value is -8.68. The van der Waals surface area contributed by atoms with Gasteiger partial charge in [-0.2, -0.15) is 0 Å². The number of amides is 4. The lowest BCUT2D eigenvalue weighted by molar-refractivity contribution is -0.144. The molecule has 44 heteroatoms. The van der Waals surface area contributed by atoms with E-state index in [4.69, 9.17) is 95.8 Å². The van der Waals surface area contributed by atoms with Crippen molar-refractivity contribution in [3.05, 3.63) is 0 Å². The summed E-state index contributed by atoms with van der Waals surface area (Å²) in [4.78, 5) is 228. The molecule has 0 radical (unpaired) electrons. The van der Waals surface area contributed by atoms with Crippen molar-refractivity contribution in [1.29, 1.82) is 0 Å². The third kappa shape index (κ3) is 109. The molecule has 0 aliphatic carbocycles. The summed E-state index contributed by atoms with van der Waals surface area (Å²) in [6, 6.07) is 0. The largest absolute Gasteiger partial charge is 0.481 e. The lowest BCUT2D eigenvalue weighted by Crippen LogP contribution is -2.29. The number of carbonyl (C=O) groups excluding carboxylic acids is 17. The monoisotopic (exact) mass is 2140 g/mol. The quantitative estimate of drug-likeness (QED) is 0.0284. The lowest BCUT2D eigenvalue weighted by Gasteiger charge is -2.16. The van der Waals surface area contributed by atoms with Crippen LogP contribution in [0.3, 0.4) is 0 Å². The van der Waals surface area contributed by atoms with Gasteiger partial charge in [-0.1, -0.05) is 96.9 Å². The van der Waals surface area contributed by atoms with E-state index in [0.29, 0.717) is 189 Å². The Kier molecular flexibility index (Phi) is 98.5. The SMILES string of the molecule is CC(=O)C[C@@H](CCC(=O)NCCOCCOCC(=O)CCCOCCOCC(=O)C(C)(C)C)C(=O)O.CC(=O)C[C@@H](CCC(=O)NCCOCCOCC(=O)CCCOCCOCC(=O)C(C)C)C(=O)O.CC(=O)C[C@@H](CCC(=O)NCCOCCOCC(=O)CCCOCCOCC(=O)C(C)C)C(=O)O.CC(=O)NCCOCCOCC(=O)CCCOCCOCC(=O)C(C)(C)C.CCC(=O)CCCOCCC(=O)C(C)(C)C. The van der Waals surface area contributed by atoms with Gasteiger partial charge in [0.2, 0.25) is 23.6 Å². The van der Waals surface area contributed by atoms with Gasteiger partial charge in [0, 0.05) is 178 Å². The lowest BCUT2D eigenvalue weighted by atomic mass is 9.89. The molecule has 0 bridgehead atoms. The summed E-state index contributed by atoms with van der Waals surface area (Å²) in [5.41, 5.74) is -1.08. The molecule has 0 unspecified atom stereocenters. The second-order valence-electron chi connectivity index (χ2n) is 38.5. The summed E-state index contributed by atoms with van der Waals surface area (Å²) in [6.07, 6.45) is 6.29. The number of nitrogens with one attached hydrogen (secondary N) is 4. The summed E-state index contributed by atoms with van der Waals surface area (Å²) in [5, 5.41) is 37.6. The molecule has 0 rings (SSSR count). The van der Waals surface area contributed by atoms with E-state index in [1.807, 2.05) is 96.9 Å². The Morgan fingerprint density at radius 3 is 0.658 bits per heavy atom. The maximum atomic E-state index is 11.8. The highest BCUT2D eigenvalue weighted by molar-refractivity contribution is 5.88. The molecule has 0 aromatic rings. The Bertz CT molecular complexity index is 3590. The van der Waals surface area contributed by atoms with Gasteiger partial charge < -0.3 is 131 Å². The normalized spacial score (nSPS) is 11.8. The van der Waals surface area contributed by atoms with E-state index in [0.717, 1.165) is 6.42 Å². The summed E-state index contributed by atoms with van der Waals surface area (Å²) >= 11 is 0. The molecule has 0 fully saturated rings. The number of rotatable bonds is 96. The van der Waals surface area contributed by atoms with Gasteiger partial charge >= 0.3 is 17.9 Å². The summed E-state index contributed by atoms with van der Waals surface area (Å²) in [6.45, 7) is 42.2. The number of aliphatic carboxylic acids is 3.